The first-order valence-corrected chi connectivity index (χ1v) is 11.5. The molecule has 10 heteroatoms. The summed E-state index contributed by atoms with van der Waals surface area (Å²) >= 11 is 4.50. The average Bonchev–Trinajstić information content (AvgIpc) is 3.00. The summed E-state index contributed by atoms with van der Waals surface area (Å²) in [6.45, 7) is 4.30. The summed E-state index contributed by atoms with van der Waals surface area (Å²) in [7, 11) is -2.96. The van der Waals surface area contributed by atoms with Crippen molar-refractivity contribution < 1.29 is 13.2 Å². The van der Waals surface area contributed by atoms with Gasteiger partial charge in [0.2, 0.25) is 5.91 Å². The third kappa shape index (κ3) is 6.05. The summed E-state index contributed by atoms with van der Waals surface area (Å²) < 4.78 is 24.4. The summed E-state index contributed by atoms with van der Waals surface area (Å²) in [5.74, 6) is 1.89. The number of thioether (sulfide) groups is 2. The van der Waals surface area contributed by atoms with E-state index in [-0.39, 0.29) is 29.2 Å². The van der Waals surface area contributed by atoms with Gasteiger partial charge in [0.1, 0.15) is 0 Å². The normalized spacial score (nSPS) is 20.4. The molecule has 1 aliphatic heterocycles. The van der Waals surface area contributed by atoms with E-state index in [9.17, 15) is 13.2 Å². The fourth-order valence-electron chi connectivity index (χ4n) is 1.86. The molecule has 1 aromatic rings. The molecule has 1 saturated heterocycles. The molecule has 0 saturated carbocycles. The maximum atomic E-state index is 11.8. The van der Waals surface area contributed by atoms with Crippen LogP contribution in [-0.2, 0) is 14.6 Å². The van der Waals surface area contributed by atoms with Gasteiger partial charge >= 0.3 is 0 Å². The molecule has 0 spiro atoms. The molecule has 22 heavy (non-hydrogen) atoms. The van der Waals surface area contributed by atoms with Gasteiger partial charge in [0.15, 0.2) is 18.5 Å². The fraction of sp³-hybridized carbons (Fsp3) is 0.750. The molecule has 1 aliphatic rings. The Morgan fingerprint density at radius 3 is 2.64 bits per heavy atom. The van der Waals surface area contributed by atoms with Crippen molar-refractivity contribution in [1.82, 2.24) is 15.5 Å². The third-order valence-electron chi connectivity index (χ3n) is 2.85. The lowest BCUT2D eigenvalue weighted by molar-refractivity contribution is -0.119. The number of nitrogens with one attached hydrogen (secondary N) is 1. The first-order valence-electron chi connectivity index (χ1n) is 6.93. The second-order valence-corrected chi connectivity index (χ2v) is 11.2. The molecule has 1 aromatic heterocycles. The van der Waals surface area contributed by atoms with Crippen LogP contribution < -0.4 is 5.32 Å². The summed E-state index contributed by atoms with van der Waals surface area (Å²) in [6.07, 6.45) is 0.507. The molecule has 0 radical (unpaired) electrons. The third-order valence-corrected chi connectivity index (χ3v) is 8.24. The van der Waals surface area contributed by atoms with E-state index in [1.807, 2.05) is 0 Å². The van der Waals surface area contributed by atoms with Crippen LogP contribution in [0.1, 0.15) is 20.3 Å². The quantitative estimate of drug-likeness (QED) is 0.719. The minimum absolute atomic E-state index is 0.0538. The predicted molar refractivity (Wildman–Crippen MR) is 91.4 cm³/mol. The van der Waals surface area contributed by atoms with Crippen LogP contribution in [0.2, 0.25) is 0 Å². The molecule has 1 amide bonds. The molecule has 6 nitrogen and oxygen atoms in total. The first-order chi connectivity index (χ1) is 10.3. The van der Waals surface area contributed by atoms with Crippen LogP contribution in [0.5, 0.6) is 0 Å². The Bertz CT molecular complexity index is 615. The zero-order chi connectivity index (χ0) is 16.2. The first kappa shape index (κ1) is 18.0. The maximum absolute atomic E-state index is 11.8. The molecule has 0 aromatic carbocycles. The lowest BCUT2D eigenvalue weighted by Gasteiger charge is -2.09. The van der Waals surface area contributed by atoms with E-state index in [0.29, 0.717) is 12.3 Å². The van der Waals surface area contributed by atoms with Crippen LogP contribution in [0.3, 0.4) is 0 Å². The highest BCUT2D eigenvalue weighted by atomic mass is 32.2. The van der Waals surface area contributed by atoms with Crippen molar-refractivity contribution in [1.29, 1.82) is 0 Å². The summed E-state index contributed by atoms with van der Waals surface area (Å²) in [5, 5.41) is 10.9. The lowest BCUT2D eigenvalue weighted by Crippen LogP contribution is -2.36. The Labute approximate surface area is 143 Å². The molecular weight excluding hydrogens is 362 g/mol. The SMILES string of the molecule is CC(C)CSc1nnc(SCC(=O)N[C@H]2CCS(=O)(=O)C2)s1. The number of hydrogen-bond acceptors (Lipinski definition) is 8. The zero-order valence-electron chi connectivity index (χ0n) is 12.4. The van der Waals surface area contributed by atoms with E-state index >= 15 is 0 Å². The van der Waals surface area contributed by atoms with Gasteiger partial charge in [-0.25, -0.2) is 8.42 Å². The molecule has 2 rings (SSSR count). The standard InChI is InChI=1S/C12H19N3O3S4/c1-8(2)5-19-11-14-15-12(21-11)20-6-10(16)13-9-3-4-22(17,18)7-9/h8-9H,3-7H2,1-2H3,(H,13,16)/t9-/m0/s1. The van der Waals surface area contributed by atoms with Crippen LogP contribution in [-0.4, -0.2) is 53.6 Å². The summed E-state index contributed by atoms with van der Waals surface area (Å²) in [6, 6.07) is -0.246. The molecule has 0 bridgehead atoms. The number of sulfone groups is 1. The molecule has 124 valence electrons. The summed E-state index contributed by atoms with van der Waals surface area (Å²) in [4.78, 5) is 11.8. The molecule has 1 N–H and O–H groups in total. The molecule has 0 aliphatic carbocycles. The molecule has 2 heterocycles. The number of carbonyl (C=O) groups excluding carboxylic acids is 1. The van der Waals surface area contributed by atoms with Crippen molar-refractivity contribution in [3.63, 3.8) is 0 Å². The number of rotatable bonds is 7. The Morgan fingerprint density at radius 2 is 2.05 bits per heavy atom. The van der Waals surface area contributed by atoms with Gasteiger partial charge in [0.25, 0.3) is 0 Å². The van der Waals surface area contributed by atoms with E-state index in [1.165, 1.54) is 23.1 Å². The topological polar surface area (TPSA) is 89.0 Å². The van der Waals surface area contributed by atoms with E-state index in [4.69, 9.17) is 0 Å². The van der Waals surface area contributed by atoms with Crippen LogP contribution in [0.4, 0.5) is 0 Å². The van der Waals surface area contributed by atoms with Crippen molar-refractivity contribution >= 4 is 50.6 Å². The Hall–Kier alpha value is -0.320. The van der Waals surface area contributed by atoms with Gasteiger partial charge in [-0.1, -0.05) is 48.7 Å². The van der Waals surface area contributed by atoms with Crippen molar-refractivity contribution in [2.45, 2.75) is 35.0 Å². The Kier molecular flexibility index (Phi) is 6.54. The molecular formula is C12H19N3O3S4. The van der Waals surface area contributed by atoms with E-state index in [1.54, 1.807) is 11.8 Å². The van der Waals surface area contributed by atoms with Crippen molar-refractivity contribution in [2.75, 3.05) is 23.0 Å². The minimum atomic E-state index is -2.96. The summed E-state index contributed by atoms with van der Waals surface area (Å²) in [5.41, 5.74) is 0. The average molecular weight is 382 g/mol. The van der Waals surface area contributed by atoms with Crippen LogP contribution in [0, 0.1) is 5.92 Å². The van der Waals surface area contributed by atoms with E-state index in [2.05, 4.69) is 29.4 Å². The highest BCUT2D eigenvalue weighted by molar-refractivity contribution is 8.03. The number of hydrogen-bond donors (Lipinski definition) is 1. The molecule has 0 unspecified atom stereocenters. The highest BCUT2D eigenvalue weighted by Gasteiger charge is 2.28. The van der Waals surface area contributed by atoms with Gasteiger partial charge in [-0.15, -0.1) is 10.2 Å². The Balaban J connectivity index is 1.72. The van der Waals surface area contributed by atoms with Gasteiger partial charge in [-0.3, -0.25) is 4.79 Å². The van der Waals surface area contributed by atoms with Crippen molar-refractivity contribution in [2.24, 2.45) is 5.92 Å². The smallest absolute Gasteiger partial charge is 0.230 e. The fourth-order valence-corrected chi connectivity index (χ4v) is 6.34. The van der Waals surface area contributed by atoms with Gasteiger partial charge in [0.05, 0.1) is 17.3 Å². The second-order valence-electron chi connectivity index (χ2n) is 5.49. The highest BCUT2D eigenvalue weighted by Crippen LogP contribution is 2.29. The van der Waals surface area contributed by atoms with Gasteiger partial charge < -0.3 is 5.32 Å². The van der Waals surface area contributed by atoms with E-state index in [0.717, 1.165) is 14.4 Å². The van der Waals surface area contributed by atoms with Gasteiger partial charge in [-0.05, 0) is 12.3 Å². The monoisotopic (exact) mass is 381 g/mol. The molecule has 1 atom stereocenters. The van der Waals surface area contributed by atoms with Gasteiger partial charge in [0, 0.05) is 11.8 Å². The number of aromatic nitrogens is 2. The van der Waals surface area contributed by atoms with Crippen LogP contribution in [0.25, 0.3) is 0 Å². The largest absolute Gasteiger partial charge is 0.352 e. The predicted octanol–water partition coefficient (Wildman–Crippen LogP) is 1.68. The molecule has 1 fully saturated rings. The van der Waals surface area contributed by atoms with Crippen LogP contribution >= 0.6 is 34.9 Å². The maximum Gasteiger partial charge on any atom is 0.230 e. The van der Waals surface area contributed by atoms with Crippen molar-refractivity contribution in [3.8, 4) is 0 Å². The minimum Gasteiger partial charge on any atom is -0.352 e. The van der Waals surface area contributed by atoms with Gasteiger partial charge in [-0.2, -0.15) is 0 Å². The second kappa shape index (κ2) is 7.98. The number of carbonyl (C=O) groups is 1. The Morgan fingerprint density at radius 1 is 1.36 bits per heavy atom. The number of nitrogens with zero attached hydrogens (tertiary/aromatic N) is 2. The van der Waals surface area contributed by atoms with E-state index < -0.39 is 9.84 Å². The number of amides is 1. The lowest BCUT2D eigenvalue weighted by atomic mass is 10.3. The van der Waals surface area contributed by atoms with Crippen molar-refractivity contribution in [3.05, 3.63) is 0 Å². The zero-order valence-corrected chi connectivity index (χ0v) is 15.7. The van der Waals surface area contributed by atoms with Crippen LogP contribution in [0.15, 0.2) is 8.68 Å².